The number of furan rings is 1. The number of amides is 4. The van der Waals surface area contributed by atoms with Gasteiger partial charge in [0.2, 0.25) is 0 Å². The van der Waals surface area contributed by atoms with E-state index in [0.717, 1.165) is 4.90 Å². The Kier molecular flexibility index (Phi) is 3.86. The number of carbonyl (C=O) groups excluding carboxylic acids is 2. The molecular weight excluding hydrogens is 306 g/mol. The third kappa shape index (κ3) is 2.58. The summed E-state index contributed by atoms with van der Waals surface area (Å²) in [5.41, 5.74) is -0.853. The van der Waals surface area contributed by atoms with Crippen LogP contribution in [0.1, 0.15) is 10.4 Å². The maximum Gasteiger partial charge on any atom is 0.325 e. The van der Waals surface area contributed by atoms with Gasteiger partial charge in [0.1, 0.15) is 5.60 Å². The summed E-state index contributed by atoms with van der Waals surface area (Å²) in [5, 5.41) is 18.0. The van der Waals surface area contributed by atoms with Crippen molar-refractivity contribution in [2.24, 2.45) is 0 Å². The van der Waals surface area contributed by atoms with Crippen LogP contribution in [-0.2, 0) is 5.60 Å². The fourth-order valence-corrected chi connectivity index (χ4v) is 3.16. The summed E-state index contributed by atoms with van der Waals surface area (Å²) in [6.07, 6.45) is 2.90. The molecule has 3 N–H and O–H groups in total. The van der Waals surface area contributed by atoms with Crippen LogP contribution < -0.4 is 10.6 Å². The van der Waals surface area contributed by atoms with Gasteiger partial charge in [-0.05, 0) is 17.5 Å². The van der Waals surface area contributed by atoms with E-state index in [-0.39, 0.29) is 6.54 Å². The Morgan fingerprint density at radius 2 is 2.41 bits per heavy atom. The topological polar surface area (TPSA) is 94.8 Å². The van der Waals surface area contributed by atoms with Crippen LogP contribution in [0, 0.1) is 0 Å². The number of nitrogens with zero attached hydrogens (tertiary/aromatic N) is 1. The zero-order valence-electron chi connectivity index (χ0n) is 11.6. The first kappa shape index (κ1) is 14.6. The highest BCUT2D eigenvalue weighted by atomic mass is 32.1. The predicted molar refractivity (Wildman–Crippen MR) is 79.5 cm³/mol. The molecule has 7 nitrogen and oxygen atoms in total. The first-order chi connectivity index (χ1) is 10.6. The number of nitrogens with one attached hydrogen (secondary N) is 2. The van der Waals surface area contributed by atoms with Gasteiger partial charge in [0.15, 0.2) is 0 Å². The number of carbonyl (C=O) groups is 2. The third-order valence-electron chi connectivity index (χ3n) is 3.52. The highest BCUT2D eigenvalue weighted by Gasteiger charge is 2.35. The van der Waals surface area contributed by atoms with Crippen molar-refractivity contribution in [3.63, 3.8) is 0 Å². The Labute approximate surface area is 130 Å². The molecule has 116 valence electrons. The molecular formula is C14H15N3O4S. The molecule has 1 aliphatic rings. The van der Waals surface area contributed by atoms with Crippen LogP contribution in [0.25, 0.3) is 0 Å². The van der Waals surface area contributed by atoms with Gasteiger partial charge >= 0.3 is 12.1 Å². The van der Waals surface area contributed by atoms with Crippen molar-refractivity contribution in [2.75, 3.05) is 19.6 Å². The molecule has 4 amide bonds. The largest absolute Gasteiger partial charge is 0.472 e. The third-order valence-corrected chi connectivity index (χ3v) is 4.55. The Morgan fingerprint density at radius 1 is 1.55 bits per heavy atom. The molecule has 1 fully saturated rings. The number of urea groups is 2. The van der Waals surface area contributed by atoms with E-state index in [1.165, 1.54) is 23.9 Å². The molecule has 1 aliphatic heterocycles. The molecule has 0 saturated carbocycles. The van der Waals surface area contributed by atoms with E-state index in [1.807, 2.05) is 11.4 Å². The molecule has 1 saturated heterocycles. The molecule has 0 aromatic carbocycles. The second kappa shape index (κ2) is 5.82. The van der Waals surface area contributed by atoms with Gasteiger partial charge in [0, 0.05) is 23.5 Å². The van der Waals surface area contributed by atoms with Crippen molar-refractivity contribution in [3.05, 3.63) is 46.5 Å². The standard InChI is InChI=1S/C14H15N3O4S/c18-12-15-4-5-17(12)13(19)16-9-14(20,10-3-6-21-8-10)11-2-1-7-22-11/h1-3,6-8,20H,4-5,9H2,(H,15,18)(H,16,19)/t14-/m0/s1. The lowest BCUT2D eigenvalue weighted by molar-refractivity contribution is 0.0837. The number of aliphatic hydroxyl groups is 1. The summed E-state index contributed by atoms with van der Waals surface area (Å²) >= 11 is 1.38. The second-order valence-electron chi connectivity index (χ2n) is 4.89. The van der Waals surface area contributed by atoms with Crippen molar-refractivity contribution in [1.82, 2.24) is 15.5 Å². The molecule has 8 heteroatoms. The second-order valence-corrected chi connectivity index (χ2v) is 5.84. The van der Waals surface area contributed by atoms with Crippen LogP contribution >= 0.6 is 11.3 Å². The van der Waals surface area contributed by atoms with Gasteiger partial charge in [-0.25, -0.2) is 14.5 Å². The highest BCUT2D eigenvalue weighted by Crippen LogP contribution is 2.32. The van der Waals surface area contributed by atoms with Gasteiger partial charge < -0.3 is 20.2 Å². The normalized spacial score (nSPS) is 17.1. The van der Waals surface area contributed by atoms with Crippen LogP contribution in [0.3, 0.4) is 0 Å². The number of rotatable bonds is 4. The van der Waals surface area contributed by atoms with Crippen LogP contribution in [0.15, 0.2) is 40.5 Å². The van der Waals surface area contributed by atoms with Crippen molar-refractivity contribution >= 4 is 23.4 Å². The highest BCUT2D eigenvalue weighted by molar-refractivity contribution is 7.10. The molecule has 0 unspecified atom stereocenters. The first-order valence-corrected chi connectivity index (χ1v) is 7.61. The minimum Gasteiger partial charge on any atom is -0.472 e. The summed E-state index contributed by atoms with van der Waals surface area (Å²) in [6.45, 7) is 0.687. The average Bonchev–Trinajstić information content (AvgIpc) is 3.24. The van der Waals surface area contributed by atoms with Gasteiger partial charge in [-0.3, -0.25) is 0 Å². The summed E-state index contributed by atoms with van der Waals surface area (Å²) < 4.78 is 5.04. The molecule has 3 heterocycles. The van der Waals surface area contributed by atoms with Crippen LogP contribution in [0.2, 0.25) is 0 Å². The van der Waals surface area contributed by atoms with E-state index in [2.05, 4.69) is 10.6 Å². The summed E-state index contributed by atoms with van der Waals surface area (Å²) in [5.74, 6) is 0. The zero-order valence-corrected chi connectivity index (χ0v) is 12.4. The van der Waals surface area contributed by atoms with E-state index < -0.39 is 17.7 Å². The molecule has 0 aliphatic carbocycles. The summed E-state index contributed by atoms with van der Waals surface area (Å²) in [4.78, 5) is 25.3. The van der Waals surface area contributed by atoms with E-state index >= 15 is 0 Å². The Balaban J connectivity index is 1.77. The number of imide groups is 1. The SMILES string of the molecule is O=C1NCCN1C(=O)NC[C@](O)(c1ccoc1)c1cccs1. The Bertz CT molecular complexity index is 619. The molecule has 1 atom stereocenters. The molecule has 0 spiro atoms. The molecule has 2 aromatic heterocycles. The van der Waals surface area contributed by atoms with E-state index in [1.54, 1.807) is 12.1 Å². The quantitative estimate of drug-likeness (QED) is 0.791. The van der Waals surface area contributed by atoms with Crippen molar-refractivity contribution < 1.29 is 19.1 Å². The first-order valence-electron chi connectivity index (χ1n) is 6.73. The molecule has 0 bridgehead atoms. The number of hydrogen-bond acceptors (Lipinski definition) is 5. The maximum absolute atomic E-state index is 12.1. The lowest BCUT2D eigenvalue weighted by Gasteiger charge is -2.27. The Morgan fingerprint density at radius 3 is 3.00 bits per heavy atom. The van der Waals surface area contributed by atoms with Crippen LogP contribution in [0.4, 0.5) is 9.59 Å². The summed E-state index contributed by atoms with van der Waals surface area (Å²) in [6, 6.07) is 4.29. The minimum absolute atomic E-state index is 0.0599. The smallest absolute Gasteiger partial charge is 0.325 e. The lowest BCUT2D eigenvalue weighted by Crippen LogP contribution is -2.47. The maximum atomic E-state index is 12.1. The predicted octanol–water partition coefficient (Wildman–Crippen LogP) is 1.31. The minimum atomic E-state index is -1.40. The molecule has 2 aromatic rings. The lowest BCUT2D eigenvalue weighted by atomic mass is 9.94. The van der Waals surface area contributed by atoms with Crippen molar-refractivity contribution in [2.45, 2.75) is 5.60 Å². The van der Waals surface area contributed by atoms with Crippen LogP contribution in [0.5, 0.6) is 0 Å². The number of thiophene rings is 1. The Hall–Kier alpha value is -2.32. The van der Waals surface area contributed by atoms with E-state index in [0.29, 0.717) is 23.5 Å². The van der Waals surface area contributed by atoms with Crippen LogP contribution in [-0.4, -0.2) is 41.7 Å². The van der Waals surface area contributed by atoms with Gasteiger partial charge in [-0.1, -0.05) is 6.07 Å². The average molecular weight is 321 g/mol. The monoisotopic (exact) mass is 321 g/mol. The number of hydrogen-bond donors (Lipinski definition) is 3. The van der Waals surface area contributed by atoms with Gasteiger partial charge in [-0.2, -0.15) is 0 Å². The molecule has 0 radical (unpaired) electrons. The van der Waals surface area contributed by atoms with Gasteiger partial charge in [0.25, 0.3) is 0 Å². The zero-order chi connectivity index (χ0) is 15.6. The van der Waals surface area contributed by atoms with Gasteiger partial charge in [0.05, 0.1) is 19.1 Å². The fraction of sp³-hybridized carbons (Fsp3) is 0.286. The van der Waals surface area contributed by atoms with Crippen molar-refractivity contribution in [1.29, 1.82) is 0 Å². The van der Waals surface area contributed by atoms with Crippen molar-refractivity contribution in [3.8, 4) is 0 Å². The van der Waals surface area contributed by atoms with Gasteiger partial charge in [-0.15, -0.1) is 11.3 Å². The molecule has 22 heavy (non-hydrogen) atoms. The fourth-order valence-electron chi connectivity index (χ4n) is 2.31. The van der Waals surface area contributed by atoms with E-state index in [9.17, 15) is 14.7 Å². The van der Waals surface area contributed by atoms with E-state index in [4.69, 9.17) is 4.42 Å². The molecule has 3 rings (SSSR count). The summed E-state index contributed by atoms with van der Waals surface area (Å²) in [7, 11) is 0.